The number of hydrogen-bond acceptors (Lipinski definition) is 3. The molecule has 4 heteroatoms. The molecule has 0 saturated carbocycles. The fourth-order valence-electron chi connectivity index (χ4n) is 1.48. The van der Waals surface area contributed by atoms with E-state index in [1.54, 1.807) is 0 Å². The van der Waals surface area contributed by atoms with Crippen LogP contribution in [0.2, 0.25) is 0 Å². The largest absolute Gasteiger partial charge is 0.454 e. The zero-order valence-corrected chi connectivity index (χ0v) is 10.6. The fraction of sp³-hybridized carbons (Fsp3) is 0.909. The van der Waals surface area contributed by atoms with Crippen LogP contribution >= 0.6 is 11.6 Å². The molecule has 0 aromatic carbocycles. The third kappa shape index (κ3) is 10.0. The van der Waals surface area contributed by atoms with E-state index < -0.39 is 5.43 Å². The molecular formula is C11H22ClNO2. The molecule has 0 amide bonds. The normalized spacial score (nSPS) is 10.7. The van der Waals surface area contributed by atoms with Gasteiger partial charge in [0.15, 0.2) is 0 Å². The summed E-state index contributed by atoms with van der Waals surface area (Å²) in [5.74, 6) is 0. The van der Waals surface area contributed by atoms with Gasteiger partial charge in [-0.15, -0.1) is 0 Å². The standard InChI is InChI=1S/C11H22ClNO2/c1-3-13(4-2)9-7-5-6-8-10-15-11(12)14/h3-10H2,1-2H3. The Balaban J connectivity index is 3.14. The van der Waals surface area contributed by atoms with E-state index in [0.717, 1.165) is 25.9 Å². The lowest BCUT2D eigenvalue weighted by Crippen LogP contribution is -2.23. The number of unbranched alkanes of at least 4 members (excludes halogenated alkanes) is 3. The fourth-order valence-corrected chi connectivity index (χ4v) is 1.56. The van der Waals surface area contributed by atoms with Gasteiger partial charge in [-0.05, 0) is 32.5 Å². The number of rotatable bonds is 9. The number of halogens is 1. The van der Waals surface area contributed by atoms with Crippen molar-refractivity contribution in [2.24, 2.45) is 0 Å². The molecule has 0 saturated heterocycles. The van der Waals surface area contributed by atoms with Crippen LogP contribution in [0, 0.1) is 0 Å². The highest BCUT2D eigenvalue weighted by atomic mass is 35.5. The van der Waals surface area contributed by atoms with Crippen molar-refractivity contribution < 1.29 is 9.53 Å². The molecule has 0 aromatic rings. The molecule has 15 heavy (non-hydrogen) atoms. The van der Waals surface area contributed by atoms with Gasteiger partial charge in [-0.3, -0.25) is 0 Å². The topological polar surface area (TPSA) is 29.5 Å². The molecule has 0 rings (SSSR count). The lowest BCUT2D eigenvalue weighted by molar-refractivity contribution is 0.170. The van der Waals surface area contributed by atoms with Crippen molar-refractivity contribution in [3.63, 3.8) is 0 Å². The average Bonchev–Trinajstić information content (AvgIpc) is 2.22. The predicted molar refractivity (Wildman–Crippen MR) is 63.5 cm³/mol. The van der Waals surface area contributed by atoms with Gasteiger partial charge in [0.1, 0.15) is 0 Å². The predicted octanol–water partition coefficient (Wildman–Crippen LogP) is 3.26. The van der Waals surface area contributed by atoms with Gasteiger partial charge in [-0.25, -0.2) is 4.79 Å². The van der Waals surface area contributed by atoms with Crippen LogP contribution in [0.5, 0.6) is 0 Å². The second-order valence-corrected chi connectivity index (χ2v) is 3.84. The van der Waals surface area contributed by atoms with E-state index in [-0.39, 0.29) is 0 Å². The van der Waals surface area contributed by atoms with E-state index in [4.69, 9.17) is 11.6 Å². The molecule has 0 bridgehead atoms. The summed E-state index contributed by atoms with van der Waals surface area (Å²) in [5, 5.41) is 0. The highest BCUT2D eigenvalue weighted by molar-refractivity contribution is 6.61. The van der Waals surface area contributed by atoms with Gasteiger partial charge in [0.25, 0.3) is 0 Å². The van der Waals surface area contributed by atoms with Gasteiger partial charge in [-0.2, -0.15) is 0 Å². The van der Waals surface area contributed by atoms with E-state index in [1.165, 1.54) is 19.4 Å². The second-order valence-electron chi connectivity index (χ2n) is 3.53. The van der Waals surface area contributed by atoms with Crippen molar-refractivity contribution in [2.75, 3.05) is 26.2 Å². The van der Waals surface area contributed by atoms with Crippen LogP contribution < -0.4 is 0 Å². The van der Waals surface area contributed by atoms with Crippen molar-refractivity contribution in [1.82, 2.24) is 4.90 Å². The lowest BCUT2D eigenvalue weighted by Gasteiger charge is -2.17. The smallest absolute Gasteiger partial charge is 0.403 e. The van der Waals surface area contributed by atoms with E-state index in [9.17, 15) is 4.79 Å². The second kappa shape index (κ2) is 10.2. The number of nitrogens with zero attached hydrogens (tertiary/aromatic N) is 1. The summed E-state index contributed by atoms with van der Waals surface area (Å²) in [6.07, 6.45) is 4.43. The Kier molecular flexibility index (Phi) is 10.1. The first-order valence-electron chi connectivity index (χ1n) is 5.75. The molecule has 0 fully saturated rings. The molecule has 0 N–H and O–H groups in total. The van der Waals surface area contributed by atoms with Gasteiger partial charge in [-0.1, -0.05) is 26.7 Å². The van der Waals surface area contributed by atoms with Crippen molar-refractivity contribution in [3.05, 3.63) is 0 Å². The summed E-state index contributed by atoms with van der Waals surface area (Å²) >= 11 is 5.03. The zero-order chi connectivity index (χ0) is 11.5. The molecule has 0 spiro atoms. The summed E-state index contributed by atoms with van der Waals surface area (Å²) in [4.78, 5) is 12.7. The molecule has 0 radical (unpaired) electrons. The van der Waals surface area contributed by atoms with E-state index in [2.05, 4.69) is 23.5 Å². The Bertz CT molecular complexity index is 161. The summed E-state index contributed by atoms with van der Waals surface area (Å²) in [7, 11) is 0. The van der Waals surface area contributed by atoms with Gasteiger partial charge in [0.2, 0.25) is 0 Å². The summed E-state index contributed by atoms with van der Waals surface area (Å²) < 4.78 is 4.63. The minimum Gasteiger partial charge on any atom is -0.454 e. The molecule has 0 unspecified atom stereocenters. The zero-order valence-electron chi connectivity index (χ0n) is 9.80. The van der Waals surface area contributed by atoms with Crippen LogP contribution in [-0.4, -0.2) is 36.6 Å². The van der Waals surface area contributed by atoms with Crippen LogP contribution in [0.1, 0.15) is 39.5 Å². The Morgan fingerprint density at radius 3 is 2.27 bits per heavy atom. The summed E-state index contributed by atoms with van der Waals surface area (Å²) in [6.45, 7) is 8.24. The third-order valence-electron chi connectivity index (χ3n) is 2.48. The third-order valence-corrected chi connectivity index (χ3v) is 2.59. The number of ether oxygens (including phenoxy) is 1. The molecule has 0 heterocycles. The first-order valence-corrected chi connectivity index (χ1v) is 6.13. The lowest BCUT2D eigenvalue weighted by atomic mass is 10.2. The maximum absolute atomic E-state index is 10.2. The van der Waals surface area contributed by atoms with E-state index >= 15 is 0 Å². The van der Waals surface area contributed by atoms with Crippen molar-refractivity contribution in [2.45, 2.75) is 39.5 Å². The van der Waals surface area contributed by atoms with Gasteiger partial charge in [0, 0.05) is 11.6 Å². The Morgan fingerprint density at radius 2 is 1.73 bits per heavy atom. The van der Waals surface area contributed by atoms with Crippen LogP contribution in [-0.2, 0) is 4.74 Å². The number of carbonyl (C=O) groups is 1. The maximum Gasteiger partial charge on any atom is 0.403 e. The van der Waals surface area contributed by atoms with Crippen LogP contribution in [0.15, 0.2) is 0 Å². The van der Waals surface area contributed by atoms with Crippen LogP contribution in [0.25, 0.3) is 0 Å². The quantitative estimate of drug-likeness (QED) is 0.454. The first-order chi connectivity index (χ1) is 7.20. The number of carbonyl (C=O) groups excluding carboxylic acids is 1. The molecule has 0 aliphatic rings. The Morgan fingerprint density at radius 1 is 1.13 bits per heavy atom. The Hall–Kier alpha value is -0.280. The van der Waals surface area contributed by atoms with Crippen molar-refractivity contribution >= 4 is 17.0 Å². The minimum absolute atomic E-state index is 0.452. The molecule has 0 aliphatic heterocycles. The number of hydrogen-bond donors (Lipinski definition) is 0. The molecule has 3 nitrogen and oxygen atoms in total. The monoisotopic (exact) mass is 235 g/mol. The SMILES string of the molecule is CCN(CC)CCCCCCOC(=O)Cl. The van der Waals surface area contributed by atoms with Crippen molar-refractivity contribution in [3.8, 4) is 0 Å². The molecular weight excluding hydrogens is 214 g/mol. The molecule has 90 valence electrons. The highest BCUT2D eigenvalue weighted by Crippen LogP contribution is 2.02. The highest BCUT2D eigenvalue weighted by Gasteiger charge is 1.98. The van der Waals surface area contributed by atoms with Gasteiger partial charge in [0.05, 0.1) is 6.61 Å². The first kappa shape index (κ1) is 14.7. The molecule has 0 aromatic heterocycles. The van der Waals surface area contributed by atoms with Crippen LogP contribution in [0.4, 0.5) is 4.79 Å². The van der Waals surface area contributed by atoms with E-state index in [0.29, 0.717) is 6.61 Å². The van der Waals surface area contributed by atoms with Crippen molar-refractivity contribution in [1.29, 1.82) is 0 Å². The van der Waals surface area contributed by atoms with E-state index in [1.807, 2.05) is 0 Å². The average molecular weight is 236 g/mol. The summed E-state index contributed by atoms with van der Waals surface area (Å²) in [5.41, 5.74) is -0.696. The summed E-state index contributed by atoms with van der Waals surface area (Å²) in [6, 6.07) is 0. The Labute approximate surface area is 97.7 Å². The molecule has 0 atom stereocenters. The van der Waals surface area contributed by atoms with Gasteiger partial charge < -0.3 is 9.64 Å². The molecule has 0 aliphatic carbocycles. The maximum atomic E-state index is 10.2. The minimum atomic E-state index is -0.696. The van der Waals surface area contributed by atoms with Gasteiger partial charge >= 0.3 is 5.43 Å². The van der Waals surface area contributed by atoms with Crippen LogP contribution in [0.3, 0.4) is 0 Å².